The molecule has 0 unspecified atom stereocenters. The molecule has 0 amide bonds. The van der Waals surface area contributed by atoms with Crippen LogP contribution in [0.4, 0.5) is 13.2 Å². The molecule has 0 aliphatic rings. The quantitative estimate of drug-likeness (QED) is 0.620. The monoisotopic (exact) mass is 361 g/mol. The Hall–Kier alpha value is -2.29. The van der Waals surface area contributed by atoms with Gasteiger partial charge in [-0.2, -0.15) is 21.6 Å². The Labute approximate surface area is 136 Å². The lowest BCUT2D eigenvalue weighted by molar-refractivity contribution is -0.0500. The van der Waals surface area contributed by atoms with Crippen molar-refractivity contribution < 1.29 is 25.8 Å². The van der Waals surface area contributed by atoms with Crippen LogP contribution in [-0.2, 0) is 10.1 Å². The van der Waals surface area contributed by atoms with E-state index in [-0.39, 0.29) is 5.92 Å². The Morgan fingerprint density at radius 1 is 1.08 bits per heavy atom. The van der Waals surface area contributed by atoms with E-state index in [9.17, 15) is 26.4 Å². The number of hydrogen-bond acceptors (Lipinski definition) is 4. The summed E-state index contributed by atoms with van der Waals surface area (Å²) in [7, 11) is -5.84. The average molecular weight is 361 g/mol. The van der Waals surface area contributed by atoms with Gasteiger partial charge in [-0.05, 0) is 18.1 Å². The van der Waals surface area contributed by atoms with Crippen molar-refractivity contribution in [2.24, 2.45) is 0 Å². The van der Waals surface area contributed by atoms with Crippen LogP contribution in [-0.4, -0.2) is 18.5 Å². The van der Waals surface area contributed by atoms with Crippen molar-refractivity contribution >= 4 is 10.1 Å². The molecule has 0 spiro atoms. The summed E-state index contributed by atoms with van der Waals surface area (Å²) in [5, 5.41) is 0. The van der Waals surface area contributed by atoms with Crippen LogP contribution in [0.1, 0.15) is 25.5 Å². The summed E-state index contributed by atoms with van der Waals surface area (Å²) in [5.41, 5.74) is -5.43. The van der Waals surface area contributed by atoms with Gasteiger partial charge in [0.15, 0.2) is 0 Å². The Morgan fingerprint density at radius 3 is 2.17 bits per heavy atom. The Bertz CT molecular complexity index is 887. The van der Waals surface area contributed by atoms with Crippen molar-refractivity contribution in [3.8, 4) is 11.4 Å². The lowest BCUT2D eigenvalue weighted by Gasteiger charge is -2.17. The van der Waals surface area contributed by atoms with Crippen molar-refractivity contribution in [3.63, 3.8) is 0 Å². The van der Waals surface area contributed by atoms with Crippen LogP contribution >= 0.6 is 0 Å². The number of hydrogen-bond donors (Lipinski definition) is 0. The summed E-state index contributed by atoms with van der Waals surface area (Å²) in [5.74, 6) is -0.941. The molecule has 0 atom stereocenters. The molecular formula is C15H14F3NO4S. The van der Waals surface area contributed by atoms with Crippen molar-refractivity contribution in [2.45, 2.75) is 25.3 Å². The molecular weight excluding hydrogens is 347 g/mol. The van der Waals surface area contributed by atoms with Crippen LogP contribution < -0.4 is 9.74 Å². The molecule has 1 aromatic heterocycles. The number of para-hydroxylation sites is 1. The minimum absolute atomic E-state index is 0.268. The molecule has 0 N–H and O–H groups in total. The van der Waals surface area contributed by atoms with E-state index in [0.29, 0.717) is 17.4 Å². The topological polar surface area (TPSA) is 65.4 Å². The summed E-state index contributed by atoms with van der Waals surface area (Å²) >= 11 is 0. The Morgan fingerprint density at radius 2 is 1.67 bits per heavy atom. The Balaban J connectivity index is 2.59. The van der Waals surface area contributed by atoms with Crippen LogP contribution in [0, 0.1) is 0 Å². The standard InChI is InChI=1S/C15H14F3NO4S/c1-10(2)13-8-12(23-24(21,22)15(16,17)18)9-14(20)19(13)11-6-4-3-5-7-11/h3-10H,1-2H3. The lowest BCUT2D eigenvalue weighted by Crippen LogP contribution is -2.29. The van der Waals surface area contributed by atoms with E-state index in [1.807, 2.05) is 0 Å². The van der Waals surface area contributed by atoms with Crippen molar-refractivity contribution in [3.05, 3.63) is 58.5 Å². The molecule has 5 nitrogen and oxygen atoms in total. The van der Waals surface area contributed by atoms with Crippen LogP contribution in [0.5, 0.6) is 5.75 Å². The lowest BCUT2D eigenvalue weighted by atomic mass is 10.1. The molecule has 1 heterocycles. The molecule has 0 aliphatic carbocycles. The van der Waals surface area contributed by atoms with Gasteiger partial charge in [-0.1, -0.05) is 32.0 Å². The van der Waals surface area contributed by atoms with Crippen LogP contribution in [0.3, 0.4) is 0 Å². The molecule has 0 aliphatic heterocycles. The van der Waals surface area contributed by atoms with E-state index in [0.717, 1.165) is 6.07 Å². The van der Waals surface area contributed by atoms with E-state index < -0.39 is 26.9 Å². The molecule has 1 aromatic carbocycles. The van der Waals surface area contributed by atoms with Gasteiger partial charge in [0.05, 0.1) is 0 Å². The molecule has 24 heavy (non-hydrogen) atoms. The third kappa shape index (κ3) is 3.61. The summed E-state index contributed by atoms with van der Waals surface area (Å²) in [6.07, 6.45) is 0. The number of nitrogens with zero attached hydrogens (tertiary/aromatic N) is 1. The first-order valence-corrected chi connectivity index (χ1v) is 8.27. The molecule has 0 saturated carbocycles. The predicted molar refractivity (Wildman–Crippen MR) is 81.7 cm³/mol. The fourth-order valence-electron chi connectivity index (χ4n) is 2.07. The van der Waals surface area contributed by atoms with Gasteiger partial charge in [0, 0.05) is 23.5 Å². The zero-order valence-electron chi connectivity index (χ0n) is 12.7. The number of aromatic nitrogens is 1. The average Bonchev–Trinajstić information content (AvgIpc) is 2.45. The van der Waals surface area contributed by atoms with Crippen LogP contribution in [0.2, 0.25) is 0 Å². The van der Waals surface area contributed by atoms with Gasteiger partial charge in [-0.3, -0.25) is 9.36 Å². The Kier molecular flexibility index (Phi) is 4.75. The first kappa shape index (κ1) is 18.1. The fraction of sp³-hybridized carbons (Fsp3) is 0.267. The molecule has 9 heteroatoms. The molecule has 0 radical (unpaired) electrons. The molecule has 130 valence electrons. The second-order valence-electron chi connectivity index (χ2n) is 5.26. The van der Waals surface area contributed by atoms with E-state index in [1.165, 1.54) is 4.57 Å². The minimum Gasteiger partial charge on any atom is -0.376 e. The van der Waals surface area contributed by atoms with Crippen LogP contribution in [0.15, 0.2) is 47.3 Å². The van der Waals surface area contributed by atoms with Crippen molar-refractivity contribution in [1.82, 2.24) is 4.57 Å². The van der Waals surface area contributed by atoms with Gasteiger partial charge >= 0.3 is 15.6 Å². The largest absolute Gasteiger partial charge is 0.534 e. The van der Waals surface area contributed by atoms with Gasteiger partial charge in [-0.15, -0.1) is 0 Å². The van der Waals surface area contributed by atoms with Crippen molar-refractivity contribution in [1.29, 1.82) is 0 Å². The number of pyridine rings is 1. The summed E-state index contributed by atoms with van der Waals surface area (Å²) in [4.78, 5) is 12.3. The van der Waals surface area contributed by atoms with E-state index in [4.69, 9.17) is 0 Å². The van der Waals surface area contributed by atoms with E-state index in [2.05, 4.69) is 4.18 Å². The second-order valence-corrected chi connectivity index (χ2v) is 6.80. The van der Waals surface area contributed by atoms with Crippen molar-refractivity contribution in [2.75, 3.05) is 0 Å². The highest BCUT2D eigenvalue weighted by atomic mass is 32.2. The molecule has 2 rings (SSSR count). The summed E-state index contributed by atoms with van der Waals surface area (Å²) in [6.45, 7) is 3.44. The molecule has 0 fully saturated rings. The van der Waals surface area contributed by atoms with Gasteiger partial charge in [0.1, 0.15) is 5.75 Å². The maximum absolute atomic E-state index is 12.4. The normalized spacial score (nSPS) is 12.4. The van der Waals surface area contributed by atoms with Gasteiger partial charge in [-0.25, -0.2) is 0 Å². The van der Waals surface area contributed by atoms with E-state index in [1.54, 1.807) is 44.2 Å². The highest BCUT2D eigenvalue weighted by Gasteiger charge is 2.48. The minimum atomic E-state index is -5.84. The molecule has 2 aromatic rings. The number of benzene rings is 1. The SMILES string of the molecule is CC(C)c1cc(OS(=O)(=O)C(F)(F)F)cc(=O)n1-c1ccccc1. The maximum atomic E-state index is 12.4. The highest BCUT2D eigenvalue weighted by Crippen LogP contribution is 2.28. The highest BCUT2D eigenvalue weighted by molar-refractivity contribution is 7.88. The van der Waals surface area contributed by atoms with E-state index >= 15 is 0 Å². The van der Waals surface area contributed by atoms with Gasteiger partial charge in [0.25, 0.3) is 5.56 Å². The number of halogens is 3. The number of rotatable bonds is 4. The fourth-order valence-corrected chi connectivity index (χ4v) is 2.51. The molecule has 0 bridgehead atoms. The first-order valence-electron chi connectivity index (χ1n) is 6.86. The second kappa shape index (κ2) is 6.31. The smallest absolute Gasteiger partial charge is 0.376 e. The first-order chi connectivity index (χ1) is 11.0. The van der Waals surface area contributed by atoms with Gasteiger partial charge < -0.3 is 4.18 Å². The maximum Gasteiger partial charge on any atom is 0.534 e. The summed E-state index contributed by atoms with van der Waals surface area (Å²) in [6, 6.07) is 10.3. The number of alkyl halides is 3. The zero-order valence-corrected chi connectivity index (χ0v) is 13.6. The zero-order chi connectivity index (χ0) is 18.1. The molecule has 0 saturated heterocycles. The predicted octanol–water partition coefficient (Wildman–Crippen LogP) is 3.19. The van der Waals surface area contributed by atoms with Crippen LogP contribution in [0.25, 0.3) is 5.69 Å². The van der Waals surface area contributed by atoms with Gasteiger partial charge in [0.2, 0.25) is 0 Å². The summed E-state index contributed by atoms with van der Waals surface area (Å²) < 4.78 is 64.9. The third-order valence-electron chi connectivity index (χ3n) is 3.13. The third-order valence-corrected chi connectivity index (χ3v) is 4.11.